The van der Waals surface area contributed by atoms with Gasteiger partial charge in [-0.2, -0.15) is 5.10 Å². The van der Waals surface area contributed by atoms with Gasteiger partial charge < -0.3 is 5.11 Å². The molecule has 0 saturated heterocycles. The molecule has 4 bridgehead atoms. The minimum Gasteiger partial charge on any atom is -0.493 e. The van der Waals surface area contributed by atoms with Gasteiger partial charge in [0.15, 0.2) is 0 Å². The Labute approximate surface area is 262 Å². The lowest BCUT2D eigenvalue weighted by Gasteiger charge is -2.57. The molecule has 4 fully saturated rings. The van der Waals surface area contributed by atoms with Crippen LogP contribution in [0.15, 0.2) is 61.5 Å². The monoisotopic (exact) mass is 661 g/mol. The maximum atomic E-state index is 13.0. The molecule has 2 N–H and O–H groups in total. The maximum absolute atomic E-state index is 13.0. The molecule has 8 nitrogen and oxygen atoms in total. The van der Waals surface area contributed by atoms with Crippen molar-refractivity contribution in [2.24, 2.45) is 22.7 Å². The van der Waals surface area contributed by atoms with Crippen molar-refractivity contribution in [3.63, 3.8) is 0 Å². The number of aromatic amines is 1. The standard InChI is InChI=1S/C33H33BrClN5O3/c1-18-29(19(2)39(38-18)17-23-5-3-4-6-27(23)35)36-16-25-30(41)37-32(43)40(31(25)42)28-8-7-24(12-26(28)34)33-13-20-9-21(14-33)11-22(10-20)15-33/h3-8,12,16,20-22,42H,9-11,13-15,17H2,1-2H3,(H,37,41,43). The van der Waals surface area contributed by atoms with Gasteiger partial charge in [0.1, 0.15) is 11.3 Å². The Bertz CT molecular complexity index is 1870. The fourth-order valence-electron chi connectivity index (χ4n) is 8.31. The fourth-order valence-corrected chi connectivity index (χ4v) is 9.06. The van der Waals surface area contributed by atoms with Crippen molar-refractivity contribution in [1.29, 1.82) is 0 Å². The van der Waals surface area contributed by atoms with Crippen LogP contribution in [0.4, 0.5) is 5.69 Å². The Morgan fingerprint density at radius 1 is 1.09 bits per heavy atom. The summed E-state index contributed by atoms with van der Waals surface area (Å²) >= 11 is 10.0. The van der Waals surface area contributed by atoms with Gasteiger partial charge in [-0.1, -0.05) is 35.9 Å². The predicted molar refractivity (Wildman–Crippen MR) is 171 cm³/mol. The molecule has 0 radical (unpaired) electrons. The number of aryl methyl sites for hydroxylation is 1. The molecule has 222 valence electrons. The predicted octanol–water partition coefficient (Wildman–Crippen LogP) is 6.73. The average molecular weight is 663 g/mol. The van der Waals surface area contributed by atoms with Crippen molar-refractivity contribution in [2.45, 2.75) is 64.3 Å². The van der Waals surface area contributed by atoms with E-state index in [1.54, 1.807) is 4.68 Å². The molecule has 4 saturated carbocycles. The van der Waals surface area contributed by atoms with Crippen LogP contribution in [0.2, 0.25) is 5.02 Å². The number of hydrogen-bond acceptors (Lipinski definition) is 5. The van der Waals surface area contributed by atoms with E-state index in [4.69, 9.17) is 11.6 Å². The van der Waals surface area contributed by atoms with Crippen molar-refractivity contribution >= 4 is 39.4 Å². The molecule has 10 heteroatoms. The van der Waals surface area contributed by atoms with Crippen molar-refractivity contribution < 1.29 is 5.11 Å². The van der Waals surface area contributed by atoms with Crippen molar-refractivity contribution in [3.8, 4) is 11.6 Å². The number of nitrogens with one attached hydrogen (secondary N) is 1. The first kappa shape index (κ1) is 28.3. The van der Waals surface area contributed by atoms with Gasteiger partial charge in [0, 0.05) is 15.7 Å². The molecule has 2 heterocycles. The first-order valence-electron chi connectivity index (χ1n) is 14.8. The molecule has 0 atom stereocenters. The van der Waals surface area contributed by atoms with Crippen molar-refractivity contribution in [2.75, 3.05) is 0 Å². The van der Waals surface area contributed by atoms with E-state index in [0.717, 1.165) is 33.6 Å². The lowest BCUT2D eigenvalue weighted by atomic mass is 9.48. The van der Waals surface area contributed by atoms with E-state index < -0.39 is 17.1 Å². The van der Waals surface area contributed by atoms with Crippen LogP contribution in [-0.2, 0) is 12.0 Å². The number of aromatic hydroxyl groups is 1. The summed E-state index contributed by atoms with van der Waals surface area (Å²) in [6.45, 7) is 4.18. The molecule has 0 aliphatic heterocycles. The molecule has 0 amide bonds. The van der Waals surface area contributed by atoms with Crippen LogP contribution < -0.4 is 11.2 Å². The molecule has 2 aromatic carbocycles. The number of hydrogen-bond donors (Lipinski definition) is 2. The summed E-state index contributed by atoms with van der Waals surface area (Å²) in [7, 11) is 0. The molecule has 4 aliphatic carbocycles. The van der Waals surface area contributed by atoms with Crippen LogP contribution in [0.3, 0.4) is 0 Å². The fraction of sp³-hybridized carbons (Fsp3) is 0.394. The summed E-state index contributed by atoms with van der Waals surface area (Å²) in [6, 6.07) is 13.6. The zero-order valence-electron chi connectivity index (χ0n) is 24.1. The van der Waals surface area contributed by atoms with Crippen LogP contribution in [-0.4, -0.2) is 30.7 Å². The van der Waals surface area contributed by atoms with E-state index in [-0.39, 0.29) is 11.0 Å². The second-order valence-electron chi connectivity index (χ2n) is 12.7. The van der Waals surface area contributed by atoms with Gasteiger partial charge in [0.2, 0.25) is 5.88 Å². The van der Waals surface area contributed by atoms with E-state index in [0.29, 0.717) is 33.1 Å². The van der Waals surface area contributed by atoms with Gasteiger partial charge in [0.05, 0.1) is 23.6 Å². The van der Waals surface area contributed by atoms with Crippen LogP contribution in [0.25, 0.3) is 5.69 Å². The van der Waals surface area contributed by atoms with Gasteiger partial charge >= 0.3 is 5.69 Å². The molecule has 8 rings (SSSR count). The molecule has 43 heavy (non-hydrogen) atoms. The highest BCUT2D eigenvalue weighted by molar-refractivity contribution is 9.10. The number of H-pyrrole nitrogens is 1. The van der Waals surface area contributed by atoms with Crippen LogP contribution in [0.5, 0.6) is 5.88 Å². The molecule has 0 spiro atoms. The maximum Gasteiger partial charge on any atom is 0.335 e. The third-order valence-corrected chi connectivity index (χ3v) is 10.9. The number of nitrogens with zero attached hydrogens (tertiary/aromatic N) is 4. The Balaban J connectivity index is 1.21. The summed E-state index contributed by atoms with van der Waals surface area (Å²) in [5.74, 6) is 1.97. The van der Waals surface area contributed by atoms with Crippen molar-refractivity contribution in [1.82, 2.24) is 19.3 Å². The SMILES string of the molecule is Cc1nn(Cc2ccccc2Cl)c(C)c1N=Cc1c(O)n(-c2ccc(C34CC5CC(CC(C5)C3)C4)cc2Br)c(=O)[nH]c1=O. The highest BCUT2D eigenvalue weighted by Crippen LogP contribution is 2.61. The third-order valence-electron chi connectivity index (χ3n) is 9.90. The number of benzene rings is 2. The number of aromatic nitrogens is 4. The second kappa shape index (κ2) is 10.6. The van der Waals surface area contributed by atoms with Gasteiger partial charge in [0.25, 0.3) is 5.56 Å². The van der Waals surface area contributed by atoms with Crippen LogP contribution in [0, 0.1) is 31.6 Å². The number of aliphatic imine (C=N–C) groups is 1. The van der Waals surface area contributed by atoms with E-state index in [9.17, 15) is 14.7 Å². The summed E-state index contributed by atoms with van der Waals surface area (Å²) < 4.78 is 3.62. The zero-order chi connectivity index (χ0) is 30.0. The molecule has 4 aromatic rings. The minimum absolute atomic E-state index is 0.116. The molecular weight excluding hydrogens is 630 g/mol. The lowest BCUT2D eigenvalue weighted by Crippen LogP contribution is -2.48. The minimum atomic E-state index is -0.720. The molecule has 4 aliphatic rings. The van der Waals surface area contributed by atoms with Crippen molar-refractivity contribution in [3.05, 3.63) is 101 Å². The van der Waals surface area contributed by atoms with E-state index >= 15 is 0 Å². The first-order chi connectivity index (χ1) is 20.6. The Kier molecular flexibility index (Phi) is 7.01. The molecule has 2 aromatic heterocycles. The summed E-state index contributed by atoms with van der Waals surface area (Å²) in [4.78, 5) is 32.8. The largest absolute Gasteiger partial charge is 0.493 e. The summed E-state index contributed by atoms with van der Waals surface area (Å²) in [6.07, 6.45) is 9.06. The summed E-state index contributed by atoms with van der Waals surface area (Å²) in [5, 5.41) is 16.5. The van der Waals surface area contributed by atoms with Gasteiger partial charge in [-0.25, -0.2) is 9.36 Å². The Morgan fingerprint density at radius 3 is 2.42 bits per heavy atom. The normalized spacial score (nSPS) is 24.3. The average Bonchev–Trinajstić information content (AvgIpc) is 3.21. The van der Waals surface area contributed by atoms with Crippen LogP contribution >= 0.6 is 27.5 Å². The number of rotatable bonds is 6. The summed E-state index contributed by atoms with van der Waals surface area (Å²) in [5.41, 5.74) is 3.32. The van der Waals surface area contributed by atoms with E-state index in [2.05, 4.69) is 43.1 Å². The van der Waals surface area contributed by atoms with E-state index in [1.807, 2.05) is 44.2 Å². The third kappa shape index (κ3) is 4.90. The van der Waals surface area contributed by atoms with Gasteiger partial charge in [-0.05, 0) is 121 Å². The van der Waals surface area contributed by atoms with Gasteiger partial charge in [-0.3, -0.25) is 19.5 Å². The smallest absolute Gasteiger partial charge is 0.335 e. The highest BCUT2D eigenvalue weighted by Gasteiger charge is 2.51. The Hall–Kier alpha value is -3.43. The molecule has 0 unspecified atom stereocenters. The highest BCUT2D eigenvalue weighted by atomic mass is 79.9. The second-order valence-corrected chi connectivity index (χ2v) is 14.0. The first-order valence-corrected chi connectivity index (χ1v) is 16.0. The zero-order valence-corrected chi connectivity index (χ0v) is 26.5. The number of halogens is 2. The van der Waals surface area contributed by atoms with E-state index in [1.165, 1.54) is 50.3 Å². The Morgan fingerprint density at radius 2 is 1.77 bits per heavy atom. The lowest BCUT2D eigenvalue weighted by molar-refractivity contribution is -0.00521. The topological polar surface area (TPSA) is 105 Å². The molecular formula is C33H33BrClN5O3. The quantitative estimate of drug-likeness (QED) is 0.224. The van der Waals surface area contributed by atoms with Crippen LogP contribution in [0.1, 0.15) is 66.6 Å². The van der Waals surface area contributed by atoms with Gasteiger partial charge in [-0.15, -0.1) is 0 Å².